The first kappa shape index (κ1) is 14.3. The van der Waals surface area contributed by atoms with Crippen LogP contribution in [0, 0.1) is 0 Å². The van der Waals surface area contributed by atoms with E-state index in [0.717, 1.165) is 36.1 Å². The van der Waals surface area contributed by atoms with Crippen molar-refractivity contribution in [3.63, 3.8) is 0 Å². The van der Waals surface area contributed by atoms with Gasteiger partial charge in [0.25, 0.3) is 0 Å². The topological polar surface area (TPSA) is 43.8 Å². The molecular formula is C14H19BrN2O2. The molecule has 1 aliphatic heterocycles. The van der Waals surface area contributed by atoms with Gasteiger partial charge in [0.05, 0.1) is 11.3 Å². The third-order valence-electron chi connectivity index (χ3n) is 3.81. The summed E-state index contributed by atoms with van der Waals surface area (Å²) in [6, 6.07) is 5.73. The van der Waals surface area contributed by atoms with Crippen LogP contribution in [-0.4, -0.2) is 49.2 Å². The van der Waals surface area contributed by atoms with Crippen molar-refractivity contribution in [3.05, 3.63) is 28.2 Å². The number of benzene rings is 1. The van der Waals surface area contributed by atoms with Crippen molar-refractivity contribution in [2.24, 2.45) is 0 Å². The summed E-state index contributed by atoms with van der Waals surface area (Å²) in [6.07, 6.45) is 2.14. The number of carboxylic acids is 1. The van der Waals surface area contributed by atoms with Crippen LogP contribution in [-0.2, 0) is 0 Å². The van der Waals surface area contributed by atoms with E-state index in [1.807, 2.05) is 13.1 Å². The minimum Gasteiger partial charge on any atom is -0.478 e. The van der Waals surface area contributed by atoms with E-state index in [9.17, 15) is 9.90 Å². The Hall–Kier alpha value is -1.07. The average Bonchev–Trinajstić information content (AvgIpc) is 2.38. The van der Waals surface area contributed by atoms with Crippen molar-refractivity contribution in [2.75, 3.05) is 32.1 Å². The van der Waals surface area contributed by atoms with Crippen molar-refractivity contribution >= 4 is 27.6 Å². The van der Waals surface area contributed by atoms with E-state index < -0.39 is 5.97 Å². The van der Waals surface area contributed by atoms with Crippen molar-refractivity contribution < 1.29 is 9.90 Å². The number of likely N-dealkylation sites (tertiary alicyclic amines) is 1. The minimum atomic E-state index is -0.873. The second kappa shape index (κ2) is 5.92. The van der Waals surface area contributed by atoms with Gasteiger partial charge in [0.2, 0.25) is 0 Å². The molecule has 1 fully saturated rings. The molecule has 19 heavy (non-hydrogen) atoms. The van der Waals surface area contributed by atoms with E-state index in [4.69, 9.17) is 0 Å². The Balaban J connectivity index is 2.25. The van der Waals surface area contributed by atoms with Gasteiger partial charge in [0.15, 0.2) is 0 Å². The minimum absolute atomic E-state index is 0.365. The molecule has 1 heterocycles. The highest BCUT2D eigenvalue weighted by molar-refractivity contribution is 9.10. The summed E-state index contributed by atoms with van der Waals surface area (Å²) < 4.78 is 0.910. The van der Waals surface area contributed by atoms with Crippen LogP contribution in [0.1, 0.15) is 23.2 Å². The van der Waals surface area contributed by atoms with Crippen LogP contribution in [0.15, 0.2) is 22.7 Å². The fourth-order valence-corrected chi connectivity index (χ4v) is 2.91. The van der Waals surface area contributed by atoms with Crippen molar-refractivity contribution in [3.8, 4) is 0 Å². The molecular weight excluding hydrogens is 308 g/mol. The predicted octanol–water partition coefficient (Wildman–Crippen LogP) is 2.68. The van der Waals surface area contributed by atoms with Crippen LogP contribution in [0.3, 0.4) is 0 Å². The van der Waals surface area contributed by atoms with Gasteiger partial charge in [-0.2, -0.15) is 0 Å². The number of carboxylic acid groups (broad SMARTS) is 1. The molecule has 1 N–H and O–H groups in total. The predicted molar refractivity (Wildman–Crippen MR) is 80.0 cm³/mol. The third kappa shape index (κ3) is 3.28. The Morgan fingerprint density at radius 2 is 2.05 bits per heavy atom. The second-order valence-electron chi connectivity index (χ2n) is 5.11. The molecule has 0 radical (unpaired) electrons. The summed E-state index contributed by atoms with van der Waals surface area (Å²) >= 11 is 3.42. The molecule has 1 aromatic carbocycles. The molecule has 0 bridgehead atoms. The highest BCUT2D eigenvalue weighted by atomic mass is 79.9. The Labute approximate surface area is 122 Å². The van der Waals surface area contributed by atoms with Crippen molar-refractivity contribution in [1.82, 2.24) is 4.90 Å². The number of hydrogen-bond donors (Lipinski definition) is 1. The van der Waals surface area contributed by atoms with Crippen LogP contribution < -0.4 is 4.90 Å². The van der Waals surface area contributed by atoms with Crippen LogP contribution >= 0.6 is 15.9 Å². The van der Waals surface area contributed by atoms with Crippen molar-refractivity contribution in [1.29, 1.82) is 0 Å². The molecule has 0 aliphatic carbocycles. The molecule has 5 heteroatoms. The lowest BCUT2D eigenvalue weighted by Crippen LogP contribution is -2.42. The van der Waals surface area contributed by atoms with Crippen LogP contribution in [0.2, 0.25) is 0 Å². The summed E-state index contributed by atoms with van der Waals surface area (Å²) in [5, 5.41) is 9.30. The first-order valence-corrected chi connectivity index (χ1v) is 7.22. The van der Waals surface area contributed by atoms with Crippen LogP contribution in [0.25, 0.3) is 0 Å². The Bertz CT molecular complexity index is 471. The fourth-order valence-electron chi connectivity index (χ4n) is 2.56. The van der Waals surface area contributed by atoms with Gasteiger partial charge in [0.1, 0.15) is 0 Å². The highest BCUT2D eigenvalue weighted by Crippen LogP contribution is 2.28. The molecule has 0 amide bonds. The van der Waals surface area contributed by atoms with Gasteiger partial charge in [-0.25, -0.2) is 4.79 Å². The quantitative estimate of drug-likeness (QED) is 0.927. The third-order valence-corrected chi connectivity index (χ3v) is 4.30. The number of piperidine rings is 1. The zero-order chi connectivity index (χ0) is 14.0. The molecule has 4 nitrogen and oxygen atoms in total. The number of aromatic carboxylic acids is 1. The molecule has 1 saturated heterocycles. The molecule has 0 saturated carbocycles. The normalized spacial score (nSPS) is 17.4. The van der Waals surface area contributed by atoms with Gasteiger partial charge >= 0.3 is 5.97 Å². The summed E-state index contributed by atoms with van der Waals surface area (Å²) in [5.74, 6) is -0.873. The number of nitrogens with zero attached hydrogens (tertiary/aromatic N) is 2. The monoisotopic (exact) mass is 326 g/mol. The van der Waals surface area contributed by atoms with E-state index in [1.165, 1.54) is 0 Å². The number of halogens is 1. The number of anilines is 1. The molecule has 0 aromatic heterocycles. The Morgan fingerprint density at radius 3 is 2.63 bits per heavy atom. The SMILES string of the molecule is CN1CCC(N(C)c2cc(Br)ccc2C(=O)O)CC1. The standard InChI is InChI=1S/C14H19BrN2O2/c1-16-7-5-11(6-8-16)17(2)13-9-10(15)3-4-12(13)14(18)19/h3-4,9,11H,5-8H2,1-2H3,(H,18,19). The molecule has 1 aromatic rings. The summed E-state index contributed by atoms with van der Waals surface area (Å²) in [5.41, 5.74) is 1.15. The average molecular weight is 327 g/mol. The van der Waals surface area contributed by atoms with E-state index >= 15 is 0 Å². The number of hydrogen-bond acceptors (Lipinski definition) is 3. The molecule has 104 valence electrons. The molecule has 0 unspecified atom stereocenters. The second-order valence-corrected chi connectivity index (χ2v) is 6.03. The summed E-state index contributed by atoms with van der Waals surface area (Å²) in [7, 11) is 4.11. The summed E-state index contributed by atoms with van der Waals surface area (Å²) in [4.78, 5) is 15.7. The van der Waals surface area contributed by atoms with E-state index in [1.54, 1.807) is 12.1 Å². The molecule has 0 atom stereocenters. The lowest BCUT2D eigenvalue weighted by molar-refractivity contribution is 0.0697. The van der Waals surface area contributed by atoms with Crippen LogP contribution in [0.4, 0.5) is 5.69 Å². The van der Waals surface area contributed by atoms with Crippen molar-refractivity contribution in [2.45, 2.75) is 18.9 Å². The maximum atomic E-state index is 11.3. The highest BCUT2D eigenvalue weighted by Gasteiger charge is 2.23. The van der Waals surface area contributed by atoms with Gasteiger partial charge in [-0.05, 0) is 51.2 Å². The van der Waals surface area contributed by atoms with Gasteiger partial charge in [-0.3, -0.25) is 0 Å². The fraction of sp³-hybridized carbons (Fsp3) is 0.500. The zero-order valence-corrected chi connectivity index (χ0v) is 12.9. The first-order chi connectivity index (χ1) is 8.99. The van der Waals surface area contributed by atoms with E-state index in [-0.39, 0.29) is 0 Å². The maximum absolute atomic E-state index is 11.3. The van der Waals surface area contributed by atoms with Gasteiger partial charge in [-0.15, -0.1) is 0 Å². The Kier molecular flexibility index (Phi) is 4.47. The largest absolute Gasteiger partial charge is 0.478 e. The lowest BCUT2D eigenvalue weighted by Gasteiger charge is -2.37. The maximum Gasteiger partial charge on any atom is 0.337 e. The zero-order valence-electron chi connectivity index (χ0n) is 11.3. The smallest absolute Gasteiger partial charge is 0.337 e. The van der Waals surface area contributed by atoms with E-state index in [2.05, 4.69) is 32.8 Å². The number of carbonyl (C=O) groups is 1. The Morgan fingerprint density at radius 1 is 1.42 bits per heavy atom. The van der Waals surface area contributed by atoms with Gasteiger partial charge in [-0.1, -0.05) is 15.9 Å². The van der Waals surface area contributed by atoms with E-state index in [0.29, 0.717) is 11.6 Å². The number of rotatable bonds is 3. The van der Waals surface area contributed by atoms with Gasteiger partial charge < -0.3 is 14.9 Å². The molecule has 2 rings (SSSR count). The molecule has 1 aliphatic rings. The first-order valence-electron chi connectivity index (χ1n) is 6.43. The summed E-state index contributed by atoms with van der Waals surface area (Å²) in [6.45, 7) is 2.12. The van der Waals surface area contributed by atoms with Gasteiger partial charge in [0, 0.05) is 17.6 Å². The lowest BCUT2D eigenvalue weighted by atomic mass is 10.0. The van der Waals surface area contributed by atoms with Crippen LogP contribution in [0.5, 0.6) is 0 Å². The molecule has 0 spiro atoms.